The van der Waals surface area contributed by atoms with Crippen molar-refractivity contribution in [3.63, 3.8) is 0 Å². The van der Waals surface area contributed by atoms with Crippen molar-refractivity contribution < 1.29 is 0 Å². The van der Waals surface area contributed by atoms with Gasteiger partial charge in [0, 0.05) is 11.8 Å². The van der Waals surface area contributed by atoms with Gasteiger partial charge in [-0.1, -0.05) is 19.6 Å². The van der Waals surface area contributed by atoms with E-state index < -0.39 is 0 Å². The Morgan fingerprint density at radius 1 is 1.22 bits per heavy atom. The lowest BCUT2D eigenvalue weighted by Crippen LogP contribution is -1.69. The summed E-state index contributed by atoms with van der Waals surface area (Å²) in [5, 5.41) is 0. The summed E-state index contributed by atoms with van der Waals surface area (Å²) in [6.45, 7) is 0. The molecule has 0 aliphatic carbocycles. The predicted molar refractivity (Wildman–Crippen MR) is 60.4 cm³/mol. The lowest BCUT2D eigenvalue weighted by molar-refractivity contribution is 1.48. The van der Waals surface area contributed by atoms with E-state index in [2.05, 4.69) is 23.7 Å². The minimum atomic E-state index is 0. The summed E-state index contributed by atoms with van der Waals surface area (Å²) in [7, 11) is 3.00. The van der Waals surface area contributed by atoms with Gasteiger partial charge in [-0.3, -0.25) is 0 Å². The monoisotopic (exact) mass is 261 g/mol. The van der Waals surface area contributed by atoms with Crippen molar-refractivity contribution in [1.29, 1.82) is 0 Å². The van der Waals surface area contributed by atoms with E-state index in [1.165, 1.54) is 14.1 Å². The molecule has 57 valence electrons. The van der Waals surface area contributed by atoms with Crippen LogP contribution in [0, 0.1) is 0 Å². The van der Waals surface area contributed by atoms with Crippen molar-refractivity contribution in [3.8, 4) is 0 Å². The molecule has 0 aliphatic heterocycles. The average molecular weight is 261 g/mol. The first kappa shape index (κ1) is 32.9. The Kier molecular flexibility index (Phi) is 602. The normalized spacial score (nSPS) is 2.78. The van der Waals surface area contributed by atoms with Gasteiger partial charge in [0.25, 0.3) is 0 Å². The highest BCUT2D eigenvalue weighted by molar-refractivity contribution is 14.1. The van der Waals surface area contributed by atoms with Crippen molar-refractivity contribution >= 4 is 46.6 Å². The Bertz CT molecular complexity index is 26.0. The largest absolute Gasteiger partial charge is 0.333 e. The Balaban J connectivity index is -0.00000000825. The maximum absolute atomic E-state index is 4.50. The van der Waals surface area contributed by atoms with Gasteiger partial charge < -0.3 is 11.5 Å². The van der Waals surface area contributed by atoms with E-state index in [4.69, 9.17) is 0 Å². The van der Waals surface area contributed by atoms with Crippen molar-refractivity contribution in [2.75, 3.05) is 14.1 Å². The summed E-state index contributed by atoms with van der Waals surface area (Å²) in [4.78, 5) is 0. The van der Waals surface area contributed by atoms with E-state index in [-0.39, 0.29) is 15.8 Å². The summed E-state index contributed by atoms with van der Waals surface area (Å²) in [6.07, 6.45) is 0. The molecule has 0 saturated carbocycles. The molecule has 5 heteroatoms. The van der Waals surface area contributed by atoms with Crippen molar-refractivity contribution in [2.24, 2.45) is 11.5 Å². The van der Waals surface area contributed by atoms with Crippen LogP contribution in [0.5, 0.6) is 0 Å². The van der Waals surface area contributed by atoms with Crippen molar-refractivity contribution in [3.05, 3.63) is 0 Å². The molecule has 0 bridgehead atoms. The summed E-state index contributed by atoms with van der Waals surface area (Å²) in [6, 6.07) is 0. The summed E-state index contributed by atoms with van der Waals surface area (Å²) in [5.41, 5.74) is 9.00. The van der Waals surface area contributed by atoms with Gasteiger partial charge in [0.15, 0.2) is 0 Å². The first-order valence-corrected chi connectivity index (χ1v) is 3.33. The number of halogens is 1. The van der Waals surface area contributed by atoms with Crippen LogP contribution in [0.3, 0.4) is 0 Å². The predicted octanol–water partition coefficient (Wildman–Crippen LogP) is 0.784. The second kappa shape index (κ2) is 165. The zero-order valence-corrected chi connectivity index (χ0v) is 8.07. The molecule has 0 saturated heterocycles. The van der Waals surface area contributed by atoms with Gasteiger partial charge in [-0.05, 0) is 36.7 Å². The van der Waals surface area contributed by atoms with Crippen LogP contribution in [0.15, 0.2) is 0 Å². The lowest BCUT2D eigenvalue weighted by atomic mass is 10.8. The molecule has 0 rings (SSSR count). The van der Waals surface area contributed by atoms with Crippen LogP contribution in [0.4, 0.5) is 0 Å². The average Bonchev–Trinajstić information content (AvgIpc) is 1.78. The molecule has 0 amide bonds. The molecule has 0 aromatic rings. The van der Waals surface area contributed by atoms with E-state index in [9.17, 15) is 0 Å². The molecule has 3 radical (unpaired) electrons. The molecule has 2 nitrogen and oxygen atoms in total. The third-order valence-corrected chi connectivity index (χ3v) is 0. The Morgan fingerprint density at radius 3 is 1.22 bits per heavy atom. The highest BCUT2D eigenvalue weighted by Gasteiger charge is 1.22. The second-order valence-electron chi connectivity index (χ2n) is 0.0891. The molecule has 0 aliphatic rings. The third kappa shape index (κ3) is 629. The zero-order chi connectivity index (χ0) is 6.71. The van der Waals surface area contributed by atoms with Crippen LogP contribution in [-0.4, -0.2) is 25.9 Å². The van der Waals surface area contributed by atoms with Gasteiger partial charge in [-0.25, -0.2) is 0 Å². The third-order valence-electron chi connectivity index (χ3n) is 0. The van der Waals surface area contributed by atoms with E-state index in [1.54, 1.807) is 3.37 Å². The van der Waals surface area contributed by atoms with E-state index >= 15 is 0 Å². The van der Waals surface area contributed by atoms with Crippen LogP contribution >= 0.6 is 34.8 Å². The van der Waals surface area contributed by atoms with Crippen LogP contribution in [0.1, 0.15) is 7.43 Å². The molecule has 0 aromatic heterocycles. The molecular weight excluding hydrogens is 246 g/mol. The molecule has 0 aromatic carbocycles. The minimum absolute atomic E-state index is 0. The summed E-state index contributed by atoms with van der Waals surface area (Å²) < 4.78 is 1.55. The Labute approximate surface area is 79.5 Å². The smallest absolute Gasteiger partial charge is 0.0399 e. The molecule has 0 fully saturated rings. The fourth-order valence-corrected chi connectivity index (χ4v) is 0. The van der Waals surface area contributed by atoms with Crippen LogP contribution in [0.2, 0.25) is 0 Å². The minimum Gasteiger partial charge on any atom is -0.333 e. The number of thiocarbonyl (C=S) groups is 1. The molecule has 0 atom stereocenters. The van der Waals surface area contributed by atoms with Crippen LogP contribution in [0.25, 0.3) is 0 Å². The molecule has 0 heterocycles. The van der Waals surface area contributed by atoms with Crippen LogP contribution < -0.4 is 11.5 Å². The first-order valence-electron chi connectivity index (χ1n) is 1.61. The summed E-state index contributed by atoms with van der Waals surface area (Å²) in [5.74, 6) is 0. The Morgan fingerprint density at radius 2 is 1.22 bits per heavy atom. The summed E-state index contributed by atoms with van der Waals surface area (Å²) >= 11 is 6.23. The Hall–Kier alpha value is 0.805. The SMILES string of the molecule is C.CN.CN.S=CI.[B]. The number of hydrogen-bond donors (Lipinski definition) is 2. The molecule has 0 unspecified atom stereocenters. The van der Waals surface area contributed by atoms with Crippen molar-refractivity contribution in [1.82, 2.24) is 0 Å². The maximum atomic E-state index is 4.50. The van der Waals surface area contributed by atoms with Gasteiger partial charge in [-0.15, -0.1) is 0 Å². The van der Waals surface area contributed by atoms with Gasteiger partial charge in [0.1, 0.15) is 0 Å². The molecule has 0 spiro atoms. The second-order valence-corrected chi connectivity index (χ2v) is 1.79. The molecule has 9 heavy (non-hydrogen) atoms. The highest BCUT2D eigenvalue weighted by Crippen LogP contribution is 1.61. The van der Waals surface area contributed by atoms with Crippen molar-refractivity contribution in [2.45, 2.75) is 7.43 Å². The van der Waals surface area contributed by atoms with Gasteiger partial charge in [0.2, 0.25) is 0 Å². The van der Waals surface area contributed by atoms with E-state index in [0.29, 0.717) is 0 Å². The molecule has 4 N–H and O–H groups in total. The molecular formula is C4H15BIN2S. The highest BCUT2D eigenvalue weighted by atomic mass is 127. The number of hydrogen-bond acceptors (Lipinski definition) is 3. The van der Waals surface area contributed by atoms with Gasteiger partial charge >= 0.3 is 0 Å². The van der Waals surface area contributed by atoms with Crippen LogP contribution in [-0.2, 0) is 0 Å². The quantitative estimate of drug-likeness (QED) is 0.293. The number of nitrogens with two attached hydrogens (primary N) is 2. The first-order chi connectivity index (χ1) is 3.41. The lowest BCUT2D eigenvalue weighted by Gasteiger charge is -1.23. The maximum Gasteiger partial charge on any atom is 0.0399 e. The zero-order valence-electron chi connectivity index (χ0n) is 5.10. The van der Waals surface area contributed by atoms with E-state index in [0.717, 1.165) is 0 Å². The fourth-order valence-electron chi connectivity index (χ4n) is 0. The van der Waals surface area contributed by atoms with Gasteiger partial charge in [0.05, 0.1) is 0 Å². The fraction of sp³-hybridized carbons (Fsp3) is 0.750. The topological polar surface area (TPSA) is 52.0 Å². The van der Waals surface area contributed by atoms with E-state index in [1.807, 2.05) is 22.6 Å². The van der Waals surface area contributed by atoms with Gasteiger partial charge in [-0.2, -0.15) is 0 Å². The number of rotatable bonds is 0. The standard InChI is InChI=1S/CHIS.2CH5N.CH4.B/c2-1-3;2*1-2;;/h1H;2*2H2,1H3;1H4;.